The average molecular weight is 209 g/mol. The van der Waals surface area contributed by atoms with Crippen LogP contribution in [0.1, 0.15) is 26.2 Å². The van der Waals surface area contributed by atoms with Gasteiger partial charge in [-0.25, -0.2) is 0 Å². The van der Waals surface area contributed by atoms with E-state index in [1.165, 1.54) is 12.8 Å². The molecule has 1 aliphatic carbocycles. The first kappa shape index (κ1) is 10.3. The first-order valence-corrected chi connectivity index (χ1v) is 5.36. The molecule has 2 rings (SSSR count). The molecule has 2 amide bonds. The lowest BCUT2D eigenvalue weighted by Gasteiger charge is -2.18. The second-order valence-electron chi connectivity index (χ2n) is 4.00. The Kier molecular flexibility index (Phi) is 2.81. The van der Waals surface area contributed by atoms with Crippen LogP contribution in [0.5, 0.6) is 0 Å². The van der Waals surface area contributed by atoms with E-state index in [4.69, 9.17) is 0 Å². The summed E-state index contributed by atoms with van der Waals surface area (Å²) in [6.07, 6.45) is 2.86. The average Bonchev–Trinajstić information content (AvgIpc) is 2.97. The smallest absolute Gasteiger partial charge is 0.259 e. The van der Waals surface area contributed by atoms with Crippen LogP contribution in [-0.4, -0.2) is 30.2 Å². The molecule has 0 aromatic rings. The summed E-state index contributed by atoms with van der Waals surface area (Å²) < 4.78 is 0. The van der Waals surface area contributed by atoms with Gasteiger partial charge in [-0.05, 0) is 19.3 Å². The Labute approximate surface area is 88.3 Å². The molecule has 1 atom stereocenters. The van der Waals surface area contributed by atoms with Crippen LogP contribution >= 0.6 is 0 Å². The maximum atomic E-state index is 11.5. The summed E-state index contributed by atoms with van der Waals surface area (Å²) in [6.45, 7) is 2.30. The van der Waals surface area contributed by atoms with Gasteiger partial charge in [0.1, 0.15) is 11.8 Å². The Morgan fingerprint density at radius 3 is 2.73 bits per heavy atom. The van der Waals surface area contributed by atoms with Crippen molar-refractivity contribution >= 4 is 17.6 Å². The molecule has 0 aromatic heterocycles. The van der Waals surface area contributed by atoms with Crippen molar-refractivity contribution in [3.8, 4) is 0 Å². The first-order chi connectivity index (χ1) is 7.20. The van der Waals surface area contributed by atoms with E-state index in [0.29, 0.717) is 24.8 Å². The monoisotopic (exact) mass is 209 g/mol. The van der Waals surface area contributed by atoms with Gasteiger partial charge in [-0.2, -0.15) is 4.99 Å². The highest BCUT2D eigenvalue weighted by atomic mass is 16.2. The number of rotatable bonds is 4. The van der Waals surface area contributed by atoms with E-state index in [1.807, 2.05) is 6.92 Å². The van der Waals surface area contributed by atoms with Gasteiger partial charge in [-0.15, -0.1) is 0 Å². The van der Waals surface area contributed by atoms with Crippen molar-refractivity contribution in [2.24, 2.45) is 10.9 Å². The Morgan fingerprint density at radius 2 is 2.20 bits per heavy atom. The number of carbonyl (C=O) groups excluding carboxylic acids is 2. The minimum atomic E-state index is -0.588. The molecule has 15 heavy (non-hydrogen) atoms. The van der Waals surface area contributed by atoms with Gasteiger partial charge in [0.15, 0.2) is 0 Å². The molecule has 1 heterocycles. The molecule has 0 bridgehead atoms. The largest absolute Gasteiger partial charge is 0.312 e. The molecule has 1 aliphatic heterocycles. The van der Waals surface area contributed by atoms with E-state index >= 15 is 0 Å². The van der Waals surface area contributed by atoms with Gasteiger partial charge >= 0.3 is 0 Å². The molecule has 82 valence electrons. The van der Waals surface area contributed by atoms with Gasteiger partial charge in [0.25, 0.3) is 5.91 Å². The number of amides is 2. The molecule has 5 heteroatoms. The van der Waals surface area contributed by atoms with Gasteiger partial charge < -0.3 is 10.6 Å². The molecular weight excluding hydrogens is 194 g/mol. The van der Waals surface area contributed by atoms with Gasteiger partial charge in [0, 0.05) is 6.04 Å². The molecule has 5 nitrogen and oxygen atoms in total. The van der Waals surface area contributed by atoms with Crippen molar-refractivity contribution < 1.29 is 9.59 Å². The van der Waals surface area contributed by atoms with Crippen LogP contribution in [0.15, 0.2) is 4.99 Å². The lowest BCUT2D eigenvalue weighted by atomic mass is 10.0. The highest BCUT2D eigenvalue weighted by molar-refractivity contribution is 6.16. The fraction of sp³-hybridized carbons (Fsp3) is 0.700. The van der Waals surface area contributed by atoms with E-state index in [0.717, 1.165) is 0 Å². The number of nitrogens with one attached hydrogen (secondary N) is 2. The second kappa shape index (κ2) is 4.10. The van der Waals surface area contributed by atoms with Crippen molar-refractivity contribution in [2.75, 3.05) is 6.54 Å². The Morgan fingerprint density at radius 1 is 1.47 bits per heavy atom. The zero-order valence-corrected chi connectivity index (χ0v) is 8.75. The molecule has 0 aromatic carbocycles. The summed E-state index contributed by atoms with van der Waals surface area (Å²) in [5.74, 6) is -0.657. The SMILES string of the molecule is CCC1C(=O)N=C(CNC2CC2)NC1=O. The third-order valence-electron chi connectivity index (χ3n) is 2.67. The van der Waals surface area contributed by atoms with Crippen molar-refractivity contribution in [3.63, 3.8) is 0 Å². The molecule has 1 unspecified atom stereocenters. The van der Waals surface area contributed by atoms with E-state index in [-0.39, 0.29) is 11.8 Å². The number of carbonyl (C=O) groups is 2. The number of amidine groups is 1. The van der Waals surface area contributed by atoms with Crippen LogP contribution in [0.2, 0.25) is 0 Å². The summed E-state index contributed by atoms with van der Waals surface area (Å²) in [4.78, 5) is 26.8. The fourth-order valence-corrected chi connectivity index (χ4v) is 1.55. The van der Waals surface area contributed by atoms with E-state index in [2.05, 4.69) is 15.6 Å². The van der Waals surface area contributed by atoms with Gasteiger partial charge in [-0.1, -0.05) is 6.92 Å². The van der Waals surface area contributed by atoms with E-state index < -0.39 is 5.92 Å². The Bertz CT molecular complexity index is 321. The molecule has 1 fully saturated rings. The van der Waals surface area contributed by atoms with Crippen LogP contribution in [0.4, 0.5) is 0 Å². The lowest BCUT2D eigenvalue weighted by Crippen LogP contribution is -2.47. The summed E-state index contributed by atoms with van der Waals surface area (Å²) >= 11 is 0. The molecule has 0 radical (unpaired) electrons. The van der Waals surface area contributed by atoms with Crippen molar-refractivity contribution in [1.82, 2.24) is 10.6 Å². The first-order valence-electron chi connectivity index (χ1n) is 5.36. The Hall–Kier alpha value is -1.23. The lowest BCUT2D eigenvalue weighted by molar-refractivity contribution is -0.133. The van der Waals surface area contributed by atoms with E-state index in [9.17, 15) is 9.59 Å². The molecule has 0 spiro atoms. The van der Waals surface area contributed by atoms with Crippen molar-refractivity contribution in [2.45, 2.75) is 32.2 Å². The highest BCUT2D eigenvalue weighted by Crippen LogP contribution is 2.18. The quantitative estimate of drug-likeness (QED) is 0.631. The van der Waals surface area contributed by atoms with Gasteiger partial charge in [-0.3, -0.25) is 9.59 Å². The van der Waals surface area contributed by atoms with Crippen LogP contribution in [0.25, 0.3) is 0 Å². The minimum absolute atomic E-state index is 0.218. The summed E-state index contributed by atoms with van der Waals surface area (Å²) in [7, 11) is 0. The molecule has 1 saturated carbocycles. The molecule has 2 N–H and O–H groups in total. The molecule has 2 aliphatic rings. The van der Waals surface area contributed by atoms with Gasteiger partial charge in [0.2, 0.25) is 5.91 Å². The Balaban J connectivity index is 1.94. The van der Waals surface area contributed by atoms with Crippen LogP contribution in [-0.2, 0) is 9.59 Å². The number of hydrogen-bond acceptors (Lipinski definition) is 3. The third-order valence-corrected chi connectivity index (χ3v) is 2.67. The number of aliphatic imine (C=N–C) groups is 1. The number of hydrogen-bond donors (Lipinski definition) is 2. The van der Waals surface area contributed by atoms with Crippen LogP contribution < -0.4 is 10.6 Å². The summed E-state index contributed by atoms with van der Waals surface area (Å²) in [5.41, 5.74) is 0. The predicted molar refractivity (Wildman–Crippen MR) is 55.4 cm³/mol. The second-order valence-corrected chi connectivity index (χ2v) is 4.00. The summed E-state index contributed by atoms with van der Waals surface area (Å²) in [6, 6.07) is 0.545. The number of nitrogens with zero attached hydrogens (tertiary/aromatic N) is 1. The van der Waals surface area contributed by atoms with Crippen molar-refractivity contribution in [1.29, 1.82) is 0 Å². The van der Waals surface area contributed by atoms with Gasteiger partial charge in [0.05, 0.1) is 6.54 Å². The fourth-order valence-electron chi connectivity index (χ4n) is 1.55. The van der Waals surface area contributed by atoms with E-state index in [1.54, 1.807) is 0 Å². The molecule has 0 saturated heterocycles. The summed E-state index contributed by atoms with van der Waals surface area (Å²) in [5, 5.41) is 5.86. The predicted octanol–water partition coefficient (Wildman–Crippen LogP) is -0.181. The highest BCUT2D eigenvalue weighted by Gasteiger charge is 2.30. The standard InChI is InChI=1S/C10H15N3O2/c1-2-7-9(14)12-8(13-10(7)15)5-11-6-3-4-6/h6-7,11H,2-5H2,1H3,(H,12,13,14,15). The molecular formula is C10H15N3O2. The van der Waals surface area contributed by atoms with Crippen molar-refractivity contribution in [3.05, 3.63) is 0 Å². The third kappa shape index (κ3) is 2.41. The zero-order chi connectivity index (χ0) is 10.8. The maximum absolute atomic E-state index is 11.5. The van der Waals surface area contributed by atoms with Crippen LogP contribution in [0, 0.1) is 5.92 Å². The normalized spacial score (nSPS) is 26.2. The topological polar surface area (TPSA) is 70.6 Å². The minimum Gasteiger partial charge on any atom is -0.312 e. The van der Waals surface area contributed by atoms with Crippen LogP contribution in [0.3, 0.4) is 0 Å². The zero-order valence-electron chi connectivity index (χ0n) is 8.75. The maximum Gasteiger partial charge on any atom is 0.259 e.